The molecular weight excluding hydrogens is 563 g/mol. The smallest absolute Gasteiger partial charge is 0.262 e. The maximum Gasteiger partial charge on any atom is 0.262 e. The summed E-state index contributed by atoms with van der Waals surface area (Å²) in [5, 5.41) is 7.38. The summed E-state index contributed by atoms with van der Waals surface area (Å²) in [6.45, 7) is -0.751. The Kier molecular flexibility index (Phi) is 9.76. The van der Waals surface area contributed by atoms with Gasteiger partial charge in [0, 0.05) is 10.0 Å². The van der Waals surface area contributed by atoms with Gasteiger partial charge in [-0.25, -0.2) is 13.8 Å². The molecule has 0 saturated carbocycles. The van der Waals surface area contributed by atoms with Gasteiger partial charge in [0.25, 0.3) is 11.8 Å². The Morgan fingerprint density at radius 3 is 2.24 bits per heavy atom. The Labute approximate surface area is 229 Å². The van der Waals surface area contributed by atoms with Gasteiger partial charge in [-0.05, 0) is 60.2 Å². The molecule has 3 aromatic rings. The molecule has 3 aromatic carbocycles. The summed E-state index contributed by atoms with van der Waals surface area (Å²) < 4.78 is 30.7. The van der Waals surface area contributed by atoms with Gasteiger partial charge in [-0.2, -0.15) is 5.10 Å². The van der Waals surface area contributed by atoms with Crippen LogP contribution in [0.4, 0.5) is 11.4 Å². The van der Waals surface area contributed by atoms with Crippen molar-refractivity contribution in [1.82, 2.24) is 5.43 Å². The van der Waals surface area contributed by atoms with E-state index in [9.17, 15) is 18.0 Å². The topological polar surface area (TPSA) is 117 Å². The average molecular weight is 584 g/mol. The number of sulfonamides is 1. The van der Waals surface area contributed by atoms with Crippen molar-refractivity contribution in [2.45, 2.75) is 0 Å². The number of halogens is 3. The molecule has 3 rings (SSSR count). The van der Waals surface area contributed by atoms with Crippen molar-refractivity contribution >= 4 is 74.2 Å². The standard InChI is InChI=1S/C24H21Cl3N4O5S/c1-37(34,35)31(19-11-17(25)10-18(26)12-19)14-23(32)30-28-13-16-6-8-20(9-7-16)36-15-24(33)29-22-5-3-2-4-21(22)27/h2-13H,14-15H2,1H3,(H,29,33)(H,30,32)/b28-13-. The highest BCUT2D eigenvalue weighted by molar-refractivity contribution is 7.92. The first-order valence-electron chi connectivity index (χ1n) is 10.5. The van der Waals surface area contributed by atoms with Crippen LogP contribution in [0.5, 0.6) is 5.75 Å². The minimum Gasteiger partial charge on any atom is -0.484 e. The second-order valence-electron chi connectivity index (χ2n) is 7.58. The minimum atomic E-state index is -3.81. The quantitative estimate of drug-likeness (QED) is 0.268. The number of amides is 2. The van der Waals surface area contributed by atoms with Crippen molar-refractivity contribution in [2.75, 3.05) is 29.0 Å². The summed E-state index contributed by atoms with van der Waals surface area (Å²) in [7, 11) is -3.81. The molecule has 37 heavy (non-hydrogen) atoms. The Bertz CT molecular complexity index is 1400. The van der Waals surface area contributed by atoms with Crippen molar-refractivity contribution in [3.05, 3.63) is 87.4 Å². The number of para-hydroxylation sites is 1. The van der Waals surface area contributed by atoms with Crippen LogP contribution in [0.15, 0.2) is 71.8 Å². The van der Waals surface area contributed by atoms with Gasteiger partial charge < -0.3 is 10.1 Å². The summed E-state index contributed by atoms with van der Waals surface area (Å²) in [5.41, 5.74) is 3.54. The van der Waals surface area contributed by atoms with Gasteiger partial charge in [0.2, 0.25) is 10.0 Å². The summed E-state index contributed by atoms with van der Waals surface area (Å²) in [6, 6.07) is 17.6. The maximum absolute atomic E-state index is 12.3. The van der Waals surface area contributed by atoms with Gasteiger partial charge in [0.05, 0.1) is 28.9 Å². The SMILES string of the molecule is CS(=O)(=O)N(CC(=O)N/N=C\c1ccc(OCC(=O)Nc2ccccc2Cl)cc1)c1cc(Cl)cc(Cl)c1. The second kappa shape index (κ2) is 12.8. The zero-order valence-electron chi connectivity index (χ0n) is 19.3. The number of benzene rings is 3. The largest absolute Gasteiger partial charge is 0.484 e. The number of hydrazone groups is 1. The van der Waals surface area contributed by atoms with Gasteiger partial charge in [-0.1, -0.05) is 46.9 Å². The minimum absolute atomic E-state index is 0.148. The molecule has 0 unspecified atom stereocenters. The molecular formula is C24H21Cl3N4O5S. The van der Waals surface area contributed by atoms with Gasteiger partial charge in [0.1, 0.15) is 12.3 Å². The van der Waals surface area contributed by atoms with Crippen LogP contribution in [0.1, 0.15) is 5.56 Å². The molecule has 0 aromatic heterocycles. The lowest BCUT2D eigenvalue weighted by Gasteiger charge is -2.21. The number of carbonyl (C=O) groups excluding carboxylic acids is 2. The van der Waals surface area contributed by atoms with E-state index in [1.54, 1.807) is 48.5 Å². The third-order valence-corrected chi connectivity index (χ3v) is 6.53. The molecule has 0 aliphatic carbocycles. The van der Waals surface area contributed by atoms with Gasteiger partial charge in [-0.15, -0.1) is 0 Å². The van der Waals surface area contributed by atoms with E-state index in [0.29, 0.717) is 22.0 Å². The Morgan fingerprint density at radius 1 is 0.973 bits per heavy atom. The lowest BCUT2D eigenvalue weighted by Crippen LogP contribution is -2.39. The monoisotopic (exact) mass is 582 g/mol. The molecule has 0 spiro atoms. The van der Waals surface area contributed by atoms with Crippen LogP contribution in [0, 0.1) is 0 Å². The first kappa shape index (κ1) is 28.3. The first-order valence-corrected chi connectivity index (χ1v) is 13.5. The van der Waals surface area contributed by atoms with E-state index in [2.05, 4.69) is 15.8 Å². The summed E-state index contributed by atoms with van der Waals surface area (Å²) in [6.07, 6.45) is 2.33. The molecule has 2 amide bonds. The third kappa shape index (κ3) is 8.94. The number of ether oxygens (including phenoxy) is 1. The Balaban J connectivity index is 1.52. The predicted octanol–water partition coefficient (Wildman–Crippen LogP) is 4.58. The van der Waals surface area contributed by atoms with Crippen LogP contribution in [-0.2, 0) is 19.6 Å². The Hall–Kier alpha value is -3.31. The van der Waals surface area contributed by atoms with E-state index in [1.807, 2.05) is 0 Å². The van der Waals surface area contributed by atoms with Crippen molar-refractivity contribution in [1.29, 1.82) is 0 Å². The van der Waals surface area contributed by atoms with E-state index in [-0.39, 0.29) is 28.2 Å². The van der Waals surface area contributed by atoms with Crippen LogP contribution in [0.3, 0.4) is 0 Å². The van der Waals surface area contributed by atoms with Crippen LogP contribution >= 0.6 is 34.8 Å². The van der Waals surface area contributed by atoms with E-state index in [0.717, 1.165) is 10.6 Å². The molecule has 2 N–H and O–H groups in total. The number of nitrogens with zero attached hydrogens (tertiary/aromatic N) is 2. The molecule has 194 valence electrons. The van der Waals surface area contributed by atoms with Crippen molar-refractivity contribution in [3.8, 4) is 5.75 Å². The Morgan fingerprint density at radius 2 is 1.62 bits per heavy atom. The molecule has 0 saturated heterocycles. The maximum atomic E-state index is 12.3. The number of nitrogens with one attached hydrogen (secondary N) is 2. The lowest BCUT2D eigenvalue weighted by molar-refractivity contribution is -0.119. The van der Waals surface area contributed by atoms with E-state index in [1.165, 1.54) is 24.4 Å². The van der Waals surface area contributed by atoms with Crippen LogP contribution < -0.4 is 19.8 Å². The fraction of sp³-hybridized carbons (Fsp3) is 0.125. The second-order valence-corrected chi connectivity index (χ2v) is 10.8. The van der Waals surface area contributed by atoms with Crippen molar-refractivity contribution in [3.63, 3.8) is 0 Å². The normalized spacial score (nSPS) is 11.2. The van der Waals surface area contributed by atoms with Crippen LogP contribution in [0.2, 0.25) is 15.1 Å². The van der Waals surface area contributed by atoms with E-state index in [4.69, 9.17) is 39.5 Å². The zero-order chi connectivity index (χ0) is 27.0. The molecule has 0 aliphatic rings. The summed E-state index contributed by atoms with van der Waals surface area (Å²) in [4.78, 5) is 24.4. The molecule has 9 nitrogen and oxygen atoms in total. The highest BCUT2D eigenvalue weighted by atomic mass is 35.5. The molecule has 0 atom stereocenters. The average Bonchev–Trinajstić information content (AvgIpc) is 2.82. The van der Waals surface area contributed by atoms with E-state index >= 15 is 0 Å². The number of carbonyl (C=O) groups is 2. The van der Waals surface area contributed by atoms with Crippen LogP contribution in [0.25, 0.3) is 0 Å². The number of hydrogen-bond donors (Lipinski definition) is 2. The third-order valence-electron chi connectivity index (χ3n) is 4.62. The summed E-state index contributed by atoms with van der Waals surface area (Å²) >= 11 is 17.9. The van der Waals surface area contributed by atoms with Crippen molar-refractivity contribution < 1.29 is 22.7 Å². The van der Waals surface area contributed by atoms with Gasteiger partial charge >= 0.3 is 0 Å². The molecule has 0 heterocycles. The lowest BCUT2D eigenvalue weighted by atomic mass is 10.2. The zero-order valence-corrected chi connectivity index (χ0v) is 22.4. The van der Waals surface area contributed by atoms with Crippen LogP contribution in [-0.4, -0.2) is 45.9 Å². The summed E-state index contributed by atoms with van der Waals surface area (Å²) in [5.74, 6) is -0.605. The van der Waals surface area contributed by atoms with Gasteiger partial charge in [0.15, 0.2) is 6.61 Å². The fourth-order valence-electron chi connectivity index (χ4n) is 2.98. The highest BCUT2D eigenvalue weighted by Gasteiger charge is 2.21. The molecule has 0 fully saturated rings. The number of rotatable bonds is 10. The number of hydrogen-bond acceptors (Lipinski definition) is 6. The molecule has 0 bridgehead atoms. The van der Waals surface area contributed by atoms with Gasteiger partial charge in [-0.3, -0.25) is 13.9 Å². The molecule has 0 aliphatic heterocycles. The molecule has 0 radical (unpaired) electrons. The first-order chi connectivity index (χ1) is 17.5. The van der Waals surface area contributed by atoms with E-state index < -0.39 is 22.5 Å². The number of anilines is 2. The predicted molar refractivity (Wildman–Crippen MR) is 146 cm³/mol. The molecule has 13 heteroatoms. The van der Waals surface area contributed by atoms with Crippen molar-refractivity contribution in [2.24, 2.45) is 5.10 Å². The fourth-order valence-corrected chi connectivity index (χ4v) is 4.51. The highest BCUT2D eigenvalue weighted by Crippen LogP contribution is 2.27.